The monoisotopic (exact) mass is 322 g/mol. The molecule has 0 aromatic heterocycles. The number of carbonyl (C=O) groups is 3. The van der Waals surface area contributed by atoms with Crippen LogP contribution in [0, 0.1) is 0 Å². The van der Waals surface area contributed by atoms with Gasteiger partial charge in [-0.25, -0.2) is 4.79 Å². The lowest BCUT2D eigenvalue weighted by atomic mass is 10.2. The highest BCUT2D eigenvalue weighted by Crippen LogP contribution is 2.32. The highest BCUT2D eigenvalue weighted by molar-refractivity contribution is 6.02. The number of rotatable bonds is 5. The molecule has 0 aliphatic carbocycles. The molecular formula is C15H18N2O6. The smallest absolute Gasteiger partial charge is 0.325 e. The molecule has 1 aliphatic heterocycles. The molecule has 124 valence electrons. The minimum Gasteiger partial charge on any atom is -0.486 e. The Morgan fingerprint density at radius 1 is 1.17 bits per heavy atom. The van der Waals surface area contributed by atoms with Crippen LogP contribution in [0.4, 0.5) is 10.5 Å². The van der Waals surface area contributed by atoms with Crippen molar-refractivity contribution in [1.82, 2.24) is 5.32 Å². The molecule has 1 aromatic rings. The van der Waals surface area contributed by atoms with Gasteiger partial charge in [0, 0.05) is 18.2 Å². The first-order valence-electron chi connectivity index (χ1n) is 7.24. The molecular weight excluding hydrogens is 304 g/mol. The van der Waals surface area contributed by atoms with Crippen LogP contribution in [0.5, 0.6) is 11.5 Å². The van der Waals surface area contributed by atoms with Gasteiger partial charge in [-0.1, -0.05) is 6.92 Å². The summed E-state index contributed by atoms with van der Waals surface area (Å²) in [4.78, 5) is 34.3. The number of fused-ring (bicyclic) bond motifs is 1. The topological polar surface area (TPSA) is 103 Å². The fourth-order valence-electron chi connectivity index (χ4n) is 1.87. The van der Waals surface area contributed by atoms with Crippen molar-refractivity contribution in [1.29, 1.82) is 0 Å². The van der Waals surface area contributed by atoms with E-state index in [1.54, 1.807) is 18.2 Å². The number of anilines is 1. The number of hydrogen-bond acceptors (Lipinski definition) is 6. The van der Waals surface area contributed by atoms with Crippen LogP contribution in [-0.4, -0.2) is 37.7 Å². The third kappa shape index (κ3) is 5.17. The number of carbonyl (C=O) groups excluding carboxylic acids is 3. The average molecular weight is 322 g/mol. The third-order valence-corrected chi connectivity index (χ3v) is 2.87. The van der Waals surface area contributed by atoms with Crippen LogP contribution in [0.3, 0.4) is 0 Å². The largest absolute Gasteiger partial charge is 0.486 e. The zero-order valence-electron chi connectivity index (χ0n) is 12.7. The summed E-state index contributed by atoms with van der Waals surface area (Å²) in [5.74, 6) is -0.0608. The van der Waals surface area contributed by atoms with Crippen molar-refractivity contribution < 1.29 is 28.6 Å². The summed E-state index contributed by atoms with van der Waals surface area (Å²) in [6.45, 7) is 2.24. The Morgan fingerprint density at radius 2 is 1.91 bits per heavy atom. The zero-order chi connectivity index (χ0) is 16.7. The van der Waals surface area contributed by atoms with Crippen LogP contribution < -0.4 is 20.1 Å². The second kappa shape index (κ2) is 8.02. The van der Waals surface area contributed by atoms with Gasteiger partial charge in [-0.3, -0.25) is 14.9 Å². The molecule has 8 nitrogen and oxygen atoms in total. The minimum atomic E-state index is -0.724. The quantitative estimate of drug-likeness (QED) is 0.795. The van der Waals surface area contributed by atoms with E-state index in [2.05, 4.69) is 10.6 Å². The number of amides is 3. The fourth-order valence-corrected chi connectivity index (χ4v) is 1.87. The molecule has 8 heteroatoms. The summed E-state index contributed by atoms with van der Waals surface area (Å²) in [6.07, 6.45) is 0.863. The van der Waals surface area contributed by atoms with Crippen LogP contribution >= 0.6 is 0 Å². The van der Waals surface area contributed by atoms with E-state index in [1.807, 2.05) is 6.92 Å². The zero-order valence-corrected chi connectivity index (χ0v) is 12.7. The highest BCUT2D eigenvalue weighted by Gasteiger charge is 2.14. The molecule has 0 fully saturated rings. The van der Waals surface area contributed by atoms with Gasteiger partial charge in [0.2, 0.25) is 0 Å². The Labute approximate surface area is 133 Å². The first kappa shape index (κ1) is 16.6. The van der Waals surface area contributed by atoms with Gasteiger partial charge in [0.05, 0.1) is 0 Å². The normalized spacial score (nSPS) is 12.2. The van der Waals surface area contributed by atoms with Crippen molar-refractivity contribution in [3.63, 3.8) is 0 Å². The van der Waals surface area contributed by atoms with E-state index in [4.69, 9.17) is 14.2 Å². The van der Waals surface area contributed by atoms with E-state index in [9.17, 15) is 14.4 Å². The Kier molecular flexibility index (Phi) is 5.79. The highest BCUT2D eigenvalue weighted by atomic mass is 16.6. The van der Waals surface area contributed by atoms with Crippen LogP contribution in [0.25, 0.3) is 0 Å². The SMILES string of the molecule is CCCC(=O)OCC(=O)NC(=O)Nc1ccc2c(c1)OCCO2. The Bertz CT molecular complexity index is 602. The number of benzene rings is 1. The number of hydrogen-bond donors (Lipinski definition) is 2. The maximum Gasteiger partial charge on any atom is 0.325 e. The number of nitrogens with one attached hydrogen (secondary N) is 2. The van der Waals surface area contributed by atoms with E-state index in [1.165, 1.54) is 0 Å². The lowest BCUT2D eigenvalue weighted by molar-refractivity contribution is -0.148. The van der Waals surface area contributed by atoms with Gasteiger partial charge in [0.25, 0.3) is 5.91 Å². The molecule has 1 heterocycles. The Balaban J connectivity index is 1.80. The second-order valence-corrected chi connectivity index (χ2v) is 4.77. The summed E-state index contributed by atoms with van der Waals surface area (Å²) in [5.41, 5.74) is 0.447. The lowest BCUT2D eigenvalue weighted by Gasteiger charge is -2.19. The standard InChI is InChI=1S/C15H18N2O6/c1-2-3-14(19)23-9-13(18)17-15(20)16-10-4-5-11-12(8-10)22-7-6-21-11/h4-5,8H,2-3,6-7,9H2,1H3,(H2,16,17,18,20). The molecule has 0 atom stereocenters. The fraction of sp³-hybridized carbons (Fsp3) is 0.400. The first-order chi connectivity index (χ1) is 11.1. The summed E-state index contributed by atoms with van der Waals surface area (Å²) >= 11 is 0. The van der Waals surface area contributed by atoms with Gasteiger partial charge < -0.3 is 19.5 Å². The number of imide groups is 1. The predicted octanol–water partition coefficient (Wildman–Crippen LogP) is 1.45. The molecule has 1 aromatic carbocycles. The lowest BCUT2D eigenvalue weighted by Crippen LogP contribution is -2.37. The van der Waals surface area contributed by atoms with E-state index in [0.717, 1.165) is 0 Å². The van der Waals surface area contributed by atoms with Crippen molar-refractivity contribution in [3.05, 3.63) is 18.2 Å². The van der Waals surface area contributed by atoms with Crippen LogP contribution in [-0.2, 0) is 14.3 Å². The molecule has 1 aliphatic rings. The summed E-state index contributed by atoms with van der Waals surface area (Å²) in [5, 5.41) is 4.56. The molecule has 0 saturated heterocycles. The summed E-state index contributed by atoms with van der Waals surface area (Å²) in [7, 11) is 0. The molecule has 2 N–H and O–H groups in total. The molecule has 0 unspecified atom stereocenters. The number of ether oxygens (including phenoxy) is 3. The van der Waals surface area contributed by atoms with Crippen LogP contribution in [0.15, 0.2) is 18.2 Å². The number of esters is 1. The summed E-state index contributed by atoms with van der Waals surface area (Å²) < 4.78 is 15.5. The molecule has 0 bridgehead atoms. The van der Waals surface area contributed by atoms with Crippen molar-refractivity contribution in [2.45, 2.75) is 19.8 Å². The van der Waals surface area contributed by atoms with Gasteiger partial charge in [-0.2, -0.15) is 0 Å². The van der Waals surface area contributed by atoms with Crippen molar-refractivity contribution in [3.8, 4) is 11.5 Å². The number of urea groups is 1. The van der Waals surface area contributed by atoms with Crippen molar-refractivity contribution in [2.75, 3.05) is 25.1 Å². The van der Waals surface area contributed by atoms with Crippen LogP contribution in [0.1, 0.15) is 19.8 Å². The molecule has 2 rings (SSSR count). The summed E-state index contributed by atoms with van der Waals surface area (Å²) in [6, 6.07) is 4.16. The Hall–Kier alpha value is -2.77. The molecule has 3 amide bonds. The molecule has 0 radical (unpaired) electrons. The maximum absolute atomic E-state index is 11.7. The van der Waals surface area contributed by atoms with E-state index < -0.39 is 24.5 Å². The minimum absolute atomic E-state index is 0.233. The molecule has 0 spiro atoms. The van der Waals surface area contributed by atoms with Crippen molar-refractivity contribution >= 4 is 23.6 Å². The predicted molar refractivity (Wildman–Crippen MR) is 80.5 cm³/mol. The molecule has 23 heavy (non-hydrogen) atoms. The van der Waals surface area contributed by atoms with E-state index in [0.29, 0.717) is 36.8 Å². The molecule has 0 saturated carbocycles. The first-order valence-corrected chi connectivity index (χ1v) is 7.24. The van der Waals surface area contributed by atoms with Gasteiger partial charge in [0.1, 0.15) is 13.2 Å². The second-order valence-electron chi connectivity index (χ2n) is 4.77. The van der Waals surface area contributed by atoms with Gasteiger partial charge in [0.15, 0.2) is 18.1 Å². The van der Waals surface area contributed by atoms with Crippen LogP contribution in [0.2, 0.25) is 0 Å². The average Bonchev–Trinajstić information content (AvgIpc) is 2.53. The van der Waals surface area contributed by atoms with Gasteiger partial charge in [-0.05, 0) is 18.6 Å². The third-order valence-electron chi connectivity index (χ3n) is 2.87. The van der Waals surface area contributed by atoms with E-state index >= 15 is 0 Å². The van der Waals surface area contributed by atoms with Gasteiger partial charge in [-0.15, -0.1) is 0 Å². The maximum atomic E-state index is 11.7. The van der Waals surface area contributed by atoms with E-state index in [-0.39, 0.29) is 6.42 Å². The van der Waals surface area contributed by atoms with Crippen molar-refractivity contribution in [2.24, 2.45) is 0 Å². The Morgan fingerprint density at radius 3 is 2.65 bits per heavy atom. The van der Waals surface area contributed by atoms with Gasteiger partial charge >= 0.3 is 12.0 Å².